The summed E-state index contributed by atoms with van der Waals surface area (Å²) < 4.78 is 1.74. The minimum atomic E-state index is -0.192. The average Bonchev–Trinajstić information content (AvgIpc) is 3.28. The first-order valence-corrected chi connectivity index (χ1v) is 11.2. The van der Waals surface area contributed by atoms with Crippen molar-refractivity contribution in [1.29, 1.82) is 0 Å². The maximum Gasteiger partial charge on any atom is 0.270 e. The number of hydrogen-bond acceptors (Lipinski definition) is 4. The van der Waals surface area contributed by atoms with Gasteiger partial charge in [0.05, 0.1) is 10.6 Å². The van der Waals surface area contributed by atoms with Crippen LogP contribution in [0, 0.1) is 13.8 Å². The molecule has 0 radical (unpaired) electrons. The van der Waals surface area contributed by atoms with Crippen LogP contribution in [-0.4, -0.2) is 21.7 Å². The molecule has 3 aromatic rings. The van der Waals surface area contributed by atoms with Gasteiger partial charge in [-0.1, -0.05) is 37.3 Å². The minimum absolute atomic E-state index is 0.183. The van der Waals surface area contributed by atoms with Crippen molar-refractivity contribution in [3.05, 3.63) is 93.6 Å². The lowest BCUT2D eigenvalue weighted by molar-refractivity contribution is -0.115. The van der Waals surface area contributed by atoms with Gasteiger partial charge in [-0.3, -0.25) is 19.7 Å². The van der Waals surface area contributed by atoms with Crippen molar-refractivity contribution in [2.75, 3.05) is 5.43 Å². The molecule has 0 aliphatic carbocycles. The maximum absolute atomic E-state index is 12.5. The topological polar surface area (TPSA) is 75.5 Å². The predicted molar refractivity (Wildman–Crippen MR) is 131 cm³/mol. The molecule has 2 aromatic carbocycles. The van der Waals surface area contributed by atoms with E-state index in [1.165, 1.54) is 17.3 Å². The molecule has 1 aliphatic rings. The molecule has 1 aromatic heterocycles. The van der Waals surface area contributed by atoms with Crippen molar-refractivity contribution >= 4 is 40.5 Å². The van der Waals surface area contributed by atoms with E-state index in [-0.39, 0.29) is 11.8 Å². The van der Waals surface area contributed by atoms with Gasteiger partial charge in [0.2, 0.25) is 0 Å². The van der Waals surface area contributed by atoms with Crippen LogP contribution in [0.2, 0.25) is 0 Å². The first kappa shape index (κ1) is 21.6. The summed E-state index contributed by atoms with van der Waals surface area (Å²) >= 11 is 1.31. The molecule has 7 heteroatoms. The van der Waals surface area contributed by atoms with Crippen LogP contribution in [0.1, 0.15) is 39.8 Å². The van der Waals surface area contributed by atoms with Gasteiger partial charge in [0.1, 0.15) is 0 Å². The molecule has 0 saturated carbocycles. The molecule has 1 fully saturated rings. The minimum Gasteiger partial charge on any atom is -0.300 e. The van der Waals surface area contributed by atoms with E-state index in [1.54, 1.807) is 16.8 Å². The number of carbonyl (C=O) groups excluding carboxylic acids is 2. The molecule has 2 N–H and O–H groups in total. The Morgan fingerprint density at radius 3 is 2.53 bits per heavy atom. The molecule has 0 spiro atoms. The predicted octanol–water partition coefficient (Wildman–Crippen LogP) is 4.94. The Bertz CT molecular complexity index is 1220. The van der Waals surface area contributed by atoms with Crippen LogP contribution in [0.25, 0.3) is 6.08 Å². The number of amidine groups is 1. The quantitative estimate of drug-likeness (QED) is 0.547. The Labute approximate surface area is 191 Å². The summed E-state index contributed by atoms with van der Waals surface area (Å²) in [5, 5.41) is 3.38. The number of carbonyl (C=O) groups is 2. The van der Waals surface area contributed by atoms with Gasteiger partial charge in [-0.05, 0) is 79.6 Å². The molecule has 2 heterocycles. The summed E-state index contributed by atoms with van der Waals surface area (Å²) in [6.07, 6.45) is 2.80. The Balaban J connectivity index is 1.53. The van der Waals surface area contributed by atoms with Gasteiger partial charge in [0.15, 0.2) is 5.17 Å². The maximum atomic E-state index is 12.5. The molecule has 1 saturated heterocycles. The van der Waals surface area contributed by atoms with Crippen LogP contribution >= 0.6 is 11.8 Å². The third-order valence-electron chi connectivity index (χ3n) is 5.23. The molecule has 32 heavy (non-hydrogen) atoms. The lowest BCUT2D eigenvalue weighted by atomic mass is 10.2. The highest BCUT2D eigenvalue weighted by Gasteiger charge is 2.24. The summed E-state index contributed by atoms with van der Waals surface area (Å²) in [4.78, 5) is 30.1. The smallest absolute Gasteiger partial charge is 0.270 e. The summed E-state index contributed by atoms with van der Waals surface area (Å²) in [7, 11) is 0. The van der Waals surface area contributed by atoms with Crippen LogP contribution in [0.3, 0.4) is 0 Å². The van der Waals surface area contributed by atoms with Crippen molar-refractivity contribution in [3.63, 3.8) is 0 Å². The number of nitrogens with one attached hydrogen (secondary N) is 2. The lowest BCUT2D eigenvalue weighted by Gasteiger charge is -2.11. The number of aryl methyl sites for hydroxylation is 2. The van der Waals surface area contributed by atoms with Crippen molar-refractivity contribution in [2.45, 2.75) is 27.2 Å². The average molecular weight is 445 g/mol. The number of aliphatic imine (C=N–C) groups is 1. The first-order valence-electron chi connectivity index (χ1n) is 10.4. The number of amides is 2. The van der Waals surface area contributed by atoms with Crippen molar-refractivity contribution in [1.82, 2.24) is 9.99 Å². The van der Waals surface area contributed by atoms with E-state index in [4.69, 9.17) is 0 Å². The van der Waals surface area contributed by atoms with Crippen molar-refractivity contribution in [3.8, 4) is 0 Å². The fourth-order valence-corrected chi connectivity index (χ4v) is 4.24. The van der Waals surface area contributed by atoms with Gasteiger partial charge in [-0.15, -0.1) is 0 Å². The normalized spacial score (nSPS) is 15.9. The third-order valence-corrected chi connectivity index (χ3v) is 6.14. The van der Waals surface area contributed by atoms with E-state index < -0.39 is 0 Å². The number of rotatable bonds is 5. The molecule has 0 bridgehead atoms. The van der Waals surface area contributed by atoms with E-state index in [2.05, 4.69) is 22.7 Å². The number of hydrogen-bond donors (Lipinski definition) is 2. The van der Waals surface area contributed by atoms with Crippen LogP contribution < -0.4 is 10.7 Å². The Kier molecular flexibility index (Phi) is 6.28. The van der Waals surface area contributed by atoms with Gasteiger partial charge in [0, 0.05) is 17.0 Å². The SMILES string of the molecule is CCc1ccc(N=C2NC(=O)/C(=C/c3cc(C)n(NC(=O)c4ccccc4)c3C)S2)cc1. The number of nitrogens with zero attached hydrogens (tertiary/aromatic N) is 2. The highest BCUT2D eigenvalue weighted by molar-refractivity contribution is 8.18. The van der Waals surface area contributed by atoms with E-state index in [1.807, 2.05) is 68.5 Å². The molecule has 0 atom stereocenters. The van der Waals surface area contributed by atoms with Gasteiger partial charge < -0.3 is 5.32 Å². The standard InChI is InChI=1S/C25H24N4O2S/c1-4-18-10-12-21(13-11-18)26-25-27-24(31)22(32-25)15-20-14-16(2)29(17(20)3)28-23(30)19-8-6-5-7-9-19/h5-15H,4H2,1-3H3,(H,28,30)(H,26,27,31)/b22-15-. The van der Waals surface area contributed by atoms with Crippen molar-refractivity contribution < 1.29 is 9.59 Å². The number of benzene rings is 2. The lowest BCUT2D eigenvalue weighted by Crippen LogP contribution is -2.24. The zero-order valence-corrected chi connectivity index (χ0v) is 19.0. The molecule has 4 rings (SSSR count). The fourth-order valence-electron chi connectivity index (χ4n) is 3.41. The Morgan fingerprint density at radius 1 is 1.12 bits per heavy atom. The molecular formula is C25H24N4O2S. The van der Waals surface area contributed by atoms with E-state index in [9.17, 15) is 9.59 Å². The monoisotopic (exact) mass is 444 g/mol. The molecule has 2 amide bonds. The number of thioether (sulfide) groups is 1. The second-order valence-corrected chi connectivity index (χ2v) is 8.50. The highest BCUT2D eigenvalue weighted by atomic mass is 32.2. The van der Waals surface area contributed by atoms with E-state index in [0.29, 0.717) is 15.6 Å². The fraction of sp³-hybridized carbons (Fsp3) is 0.160. The zero-order valence-electron chi connectivity index (χ0n) is 18.2. The summed E-state index contributed by atoms with van der Waals surface area (Å²) in [5.41, 5.74) is 8.11. The molecule has 1 aliphatic heterocycles. The zero-order chi connectivity index (χ0) is 22.7. The largest absolute Gasteiger partial charge is 0.300 e. The van der Waals surface area contributed by atoms with E-state index in [0.717, 1.165) is 29.1 Å². The van der Waals surface area contributed by atoms with E-state index >= 15 is 0 Å². The Hall–Kier alpha value is -3.58. The van der Waals surface area contributed by atoms with Gasteiger partial charge in [-0.2, -0.15) is 0 Å². The Morgan fingerprint density at radius 2 is 1.84 bits per heavy atom. The van der Waals surface area contributed by atoms with Crippen LogP contribution in [-0.2, 0) is 11.2 Å². The van der Waals surface area contributed by atoms with Gasteiger partial charge in [0.25, 0.3) is 11.8 Å². The van der Waals surface area contributed by atoms with Crippen molar-refractivity contribution in [2.24, 2.45) is 4.99 Å². The van der Waals surface area contributed by atoms with Crippen LogP contribution in [0.5, 0.6) is 0 Å². The summed E-state index contributed by atoms with van der Waals surface area (Å²) in [6, 6.07) is 19.0. The highest BCUT2D eigenvalue weighted by Crippen LogP contribution is 2.29. The summed E-state index contributed by atoms with van der Waals surface area (Å²) in [6.45, 7) is 5.93. The summed E-state index contributed by atoms with van der Waals surface area (Å²) in [5.74, 6) is -0.375. The van der Waals surface area contributed by atoms with Crippen LogP contribution in [0.4, 0.5) is 5.69 Å². The molecular weight excluding hydrogens is 420 g/mol. The second-order valence-electron chi connectivity index (χ2n) is 7.47. The molecule has 0 unspecified atom stereocenters. The number of aromatic nitrogens is 1. The second kappa shape index (κ2) is 9.28. The molecule has 162 valence electrons. The van der Waals surface area contributed by atoms with Gasteiger partial charge >= 0.3 is 0 Å². The first-order chi connectivity index (χ1) is 15.4. The van der Waals surface area contributed by atoms with Gasteiger partial charge in [-0.25, -0.2) is 4.99 Å². The van der Waals surface area contributed by atoms with Crippen LogP contribution in [0.15, 0.2) is 70.6 Å². The molecule has 6 nitrogen and oxygen atoms in total. The third kappa shape index (κ3) is 4.68.